The van der Waals surface area contributed by atoms with Crippen molar-refractivity contribution in [3.05, 3.63) is 12.2 Å². The summed E-state index contributed by atoms with van der Waals surface area (Å²) in [6.07, 6.45) is 9.83. The van der Waals surface area contributed by atoms with E-state index >= 15 is 0 Å². The van der Waals surface area contributed by atoms with E-state index in [0.29, 0.717) is 12.1 Å². The van der Waals surface area contributed by atoms with Crippen molar-refractivity contribution in [3.8, 4) is 0 Å². The summed E-state index contributed by atoms with van der Waals surface area (Å²) in [4.78, 5) is 4.36. The third-order valence-corrected chi connectivity index (χ3v) is 4.23. The molecule has 0 aliphatic heterocycles. The standard InChI is InChI=1S/C15H28N4/c1-4-5-13-6-8-14(9-7-13)16-10-15-17-11-18-19(15)12(2)3/h11-14,16H,4-10H2,1-3H3. The number of aromatic nitrogens is 3. The van der Waals surface area contributed by atoms with Crippen molar-refractivity contribution in [2.24, 2.45) is 5.92 Å². The van der Waals surface area contributed by atoms with Gasteiger partial charge >= 0.3 is 0 Å². The number of nitrogens with zero attached hydrogens (tertiary/aromatic N) is 3. The Morgan fingerprint density at radius 2 is 2.05 bits per heavy atom. The number of nitrogens with one attached hydrogen (secondary N) is 1. The van der Waals surface area contributed by atoms with E-state index in [9.17, 15) is 0 Å². The van der Waals surface area contributed by atoms with Gasteiger partial charge in [-0.3, -0.25) is 0 Å². The first-order chi connectivity index (χ1) is 9.20. The fourth-order valence-electron chi connectivity index (χ4n) is 3.13. The van der Waals surface area contributed by atoms with E-state index in [1.807, 2.05) is 4.68 Å². The van der Waals surface area contributed by atoms with E-state index in [0.717, 1.165) is 18.3 Å². The molecular formula is C15H28N4. The average molecular weight is 264 g/mol. The molecule has 1 aromatic heterocycles. The molecule has 0 bridgehead atoms. The van der Waals surface area contributed by atoms with E-state index < -0.39 is 0 Å². The van der Waals surface area contributed by atoms with Gasteiger partial charge in [0.2, 0.25) is 0 Å². The SMILES string of the molecule is CCCC1CCC(NCc2ncnn2C(C)C)CC1. The van der Waals surface area contributed by atoms with Crippen LogP contribution < -0.4 is 5.32 Å². The van der Waals surface area contributed by atoms with E-state index in [4.69, 9.17) is 0 Å². The molecule has 1 aromatic rings. The maximum absolute atomic E-state index is 4.36. The zero-order chi connectivity index (χ0) is 13.7. The quantitative estimate of drug-likeness (QED) is 0.857. The molecule has 0 atom stereocenters. The van der Waals surface area contributed by atoms with Crippen LogP contribution in [-0.4, -0.2) is 20.8 Å². The van der Waals surface area contributed by atoms with Crippen LogP contribution in [0.25, 0.3) is 0 Å². The van der Waals surface area contributed by atoms with E-state index in [-0.39, 0.29) is 0 Å². The molecule has 4 heteroatoms. The van der Waals surface area contributed by atoms with Crippen molar-refractivity contribution in [1.29, 1.82) is 0 Å². The third-order valence-electron chi connectivity index (χ3n) is 4.23. The Morgan fingerprint density at radius 3 is 2.68 bits per heavy atom. The lowest BCUT2D eigenvalue weighted by molar-refractivity contribution is 0.275. The molecule has 1 heterocycles. The van der Waals surface area contributed by atoms with Crippen LogP contribution in [0.5, 0.6) is 0 Å². The molecule has 0 aromatic carbocycles. The molecule has 4 nitrogen and oxygen atoms in total. The molecule has 0 unspecified atom stereocenters. The summed E-state index contributed by atoms with van der Waals surface area (Å²) in [5.74, 6) is 2.04. The number of rotatable bonds is 6. The summed E-state index contributed by atoms with van der Waals surface area (Å²) in [7, 11) is 0. The van der Waals surface area contributed by atoms with Gasteiger partial charge in [0, 0.05) is 12.1 Å². The normalized spacial score (nSPS) is 24.0. The number of hydrogen-bond donors (Lipinski definition) is 1. The molecule has 1 saturated carbocycles. The van der Waals surface area contributed by atoms with Gasteiger partial charge in [-0.2, -0.15) is 5.10 Å². The molecule has 19 heavy (non-hydrogen) atoms. The maximum Gasteiger partial charge on any atom is 0.141 e. The highest BCUT2D eigenvalue weighted by molar-refractivity contribution is 4.87. The van der Waals surface area contributed by atoms with Crippen LogP contribution in [0.1, 0.15) is 71.2 Å². The molecular weight excluding hydrogens is 236 g/mol. The van der Waals surface area contributed by atoms with Crippen LogP contribution >= 0.6 is 0 Å². The molecule has 1 aliphatic rings. The second kappa shape index (κ2) is 7.04. The molecule has 0 saturated heterocycles. The van der Waals surface area contributed by atoms with E-state index in [2.05, 4.69) is 36.2 Å². The molecule has 1 aliphatic carbocycles. The lowest BCUT2D eigenvalue weighted by Crippen LogP contribution is -2.33. The van der Waals surface area contributed by atoms with Gasteiger partial charge in [-0.05, 0) is 45.4 Å². The Bertz CT molecular complexity index is 364. The Balaban J connectivity index is 1.76. The lowest BCUT2D eigenvalue weighted by Gasteiger charge is -2.29. The smallest absolute Gasteiger partial charge is 0.141 e. The van der Waals surface area contributed by atoms with Gasteiger partial charge in [0.05, 0.1) is 6.54 Å². The minimum Gasteiger partial charge on any atom is -0.307 e. The predicted molar refractivity (Wildman–Crippen MR) is 77.9 cm³/mol. The van der Waals surface area contributed by atoms with Gasteiger partial charge in [0.15, 0.2) is 0 Å². The van der Waals surface area contributed by atoms with Gasteiger partial charge in [-0.15, -0.1) is 0 Å². The monoisotopic (exact) mass is 264 g/mol. The van der Waals surface area contributed by atoms with Crippen LogP contribution in [0, 0.1) is 5.92 Å². The minimum atomic E-state index is 0.389. The van der Waals surface area contributed by atoms with Gasteiger partial charge in [-0.1, -0.05) is 19.8 Å². The second-order valence-corrected chi connectivity index (χ2v) is 6.10. The fraction of sp³-hybridized carbons (Fsp3) is 0.867. The van der Waals surface area contributed by atoms with Gasteiger partial charge in [0.25, 0.3) is 0 Å². The topological polar surface area (TPSA) is 42.7 Å². The van der Waals surface area contributed by atoms with Crippen molar-refractivity contribution in [2.45, 2.75) is 77.9 Å². The van der Waals surface area contributed by atoms with Gasteiger partial charge < -0.3 is 5.32 Å². The largest absolute Gasteiger partial charge is 0.307 e. The van der Waals surface area contributed by atoms with Crippen LogP contribution in [0.4, 0.5) is 0 Å². The summed E-state index contributed by atoms with van der Waals surface area (Å²) in [6.45, 7) is 7.44. The molecule has 1 N–H and O–H groups in total. The highest BCUT2D eigenvalue weighted by atomic mass is 15.4. The van der Waals surface area contributed by atoms with Crippen molar-refractivity contribution >= 4 is 0 Å². The number of hydrogen-bond acceptors (Lipinski definition) is 3. The second-order valence-electron chi connectivity index (χ2n) is 6.10. The average Bonchev–Trinajstić information content (AvgIpc) is 2.87. The van der Waals surface area contributed by atoms with E-state index in [1.54, 1.807) is 6.33 Å². The highest BCUT2D eigenvalue weighted by Crippen LogP contribution is 2.27. The van der Waals surface area contributed by atoms with Crippen molar-refractivity contribution in [2.75, 3.05) is 0 Å². The Labute approximate surface area is 117 Å². The zero-order valence-corrected chi connectivity index (χ0v) is 12.6. The first-order valence-electron chi connectivity index (χ1n) is 7.82. The van der Waals surface area contributed by atoms with Crippen LogP contribution in [0.2, 0.25) is 0 Å². The fourth-order valence-corrected chi connectivity index (χ4v) is 3.13. The zero-order valence-electron chi connectivity index (χ0n) is 12.6. The molecule has 0 radical (unpaired) electrons. The molecule has 0 amide bonds. The third kappa shape index (κ3) is 4.03. The molecule has 1 fully saturated rings. The van der Waals surface area contributed by atoms with Crippen LogP contribution in [-0.2, 0) is 6.54 Å². The van der Waals surface area contributed by atoms with Crippen LogP contribution in [0.15, 0.2) is 6.33 Å². The lowest BCUT2D eigenvalue weighted by atomic mass is 9.83. The minimum absolute atomic E-state index is 0.389. The van der Waals surface area contributed by atoms with E-state index in [1.165, 1.54) is 38.5 Å². The van der Waals surface area contributed by atoms with Gasteiger partial charge in [-0.25, -0.2) is 9.67 Å². The maximum atomic E-state index is 4.36. The molecule has 2 rings (SSSR count). The summed E-state index contributed by atoms with van der Waals surface area (Å²) >= 11 is 0. The van der Waals surface area contributed by atoms with Crippen molar-refractivity contribution in [1.82, 2.24) is 20.1 Å². The highest BCUT2D eigenvalue weighted by Gasteiger charge is 2.20. The Morgan fingerprint density at radius 1 is 1.32 bits per heavy atom. The first-order valence-corrected chi connectivity index (χ1v) is 7.82. The molecule has 0 spiro atoms. The summed E-state index contributed by atoms with van der Waals surface area (Å²) in [5, 5.41) is 7.94. The van der Waals surface area contributed by atoms with Crippen LogP contribution in [0.3, 0.4) is 0 Å². The predicted octanol–water partition coefficient (Wildman–Crippen LogP) is 3.31. The Kier molecular flexibility index (Phi) is 5.37. The van der Waals surface area contributed by atoms with Crippen molar-refractivity contribution < 1.29 is 0 Å². The summed E-state index contributed by atoms with van der Waals surface area (Å²) in [6, 6.07) is 1.06. The summed E-state index contributed by atoms with van der Waals surface area (Å²) in [5.41, 5.74) is 0. The summed E-state index contributed by atoms with van der Waals surface area (Å²) < 4.78 is 2.01. The first kappa shape index (κ1) is 14.5. The Hall–Kier alpha value is -0.900. The van der Waals surface area contributed by atoms with Crippen molar-refractivity contribution in [3.63, 3.8) is 0 Å². The molecule has 108 valence electrons. The van der Waals surface area contributed by atoms with Gasteiger partial charge in [0.1, 0.15) is 12.2 Å².